The van der Waals surface area contributed by atoms with Crippen LogP contribution in [0.5, 0.6) is 5.75 Å². The molecule has 0 aliphatic heterocycles. The van der Waals surface area contributed by atoms with E-state index in [0.717, 1.165) is 0 Å². The Morgan fingerprint density at radius 1 is 1.44 bits per heavy atom. The number of azide groups is 1. The second-order valence-electron chi connectivity index (χ2n) is 3.13. The van der Waals surface area contributed by atoms with Crippen LogP contribution in [-0.4, -0.2) is 28.0 Å². The Bertz CT molecular complexity index is 420. The Morgan fingerprint density at radius 3 is 2.69 bits per heavy atom. The van der Waals surface area contributed by atoms with Gasteiger partial charge in [0.2, 0.25) is 0 Å². The standard InChI is InChI=1S/C9H10BrN3O3/c10-5-1-2-6(7(14)3-5)9(16)8(15)4-12-13-11/h1-3,8-9,14-16H,4H2. The molecule has 0 spiro atoms. The maximum atomic E-state index is 9.68. The van der Waals surface area contributed by atoms with Crippen molar-refractivity contribution in [1.29, 1.82) is 0 Å². The fraction of sp³-hybridized carbons (Fsp3) is 0.333. The number of phenols is 1. The fourth-order valence-corrected chi connectivity index (χ4v) is 1.54. The molecular weight excluding hydrogens is 278 g/mol. The molecule has 0 aromatic heterocycles. The summed E-state index contributed by atoms with van der Waals surface area (Å²) in [5.41, 5.74) is 8.25. The van der Waals surface area contributed by atoms with Crippen molar-refractivity contribution >= 4 is 15.9 Å². The number of benzene rings is 1. The van der Waals surface area contributed by atoms with Gasteiger partial charge in [0.15, 0.2) is 0 Å². The lowest BCUT2D eigenvalue weighted by Gasteiger charge is -2.17. The Morgan fingerprint density at radius 2 is 2.12 bits per heavy atom. The maximum absolute atomic E-state index is 9.68. The van der Waals surface area contributed by atoms with Crippen LogP contribution in [0, 0.1) is 0 Å². The van der Waals surface area contributed by atoms with E-state index in [-0.39, 0.29) is 17.9 Å². The fourth-order valence-electron chi connectivity index (χ4n) is 1.19. The van der Waals surface area contributed by atoms with Crippen molar-refractivity contribution in [3.63, 3.8) is 0 Å². The molecule has 1 aromatic rings. The van der Waals surface area contributed by atoms with Gasteiger partial charge in [0.25, 0.3) is 0 Å². The minimum atomic E-state index is -1.29. The molecule has 0 aliphatic rings. The summed E-state index contributed by atoms with van der Waals surface area (Å²) in [7, 11) is 0. The number of hydrogen-bond donors (Lipinski definition) is 3. The van der Waals surface area contributed by atoms with Crippen LogP contribution in [0.25, 0.3) is 10.4 Å². The van der Waals surface area contributed by atoms with Gasteiger partial charge in [0, 0.05) is 14.9 Å². The summed E-state index contributed by atoms with van der Waals surface area (Å²) in [4.78, 5) is 2.47. The summed E-state index contributed by atoms with van der Waals surface area (Å²) in [6.45, 7) is -0.257. The molecule has 16 heavy (non-hydrogen) atoms. The zero-order valence-electron chi connectivity index (χ0n) is 8.16. The van der Waals surface area contributed by atoms with Gasteiger partial charge in [0.1, 0.15) is 11.9 Å². The number of hydrogen-bond acceptors (Lipinski definition) is 4. The minimum Gasteiger partial charge on any atom is -0.508 e. The summed E-state index contributed by atoms with van der Waals surface area (Å²) in [5, 5.41) is 31.8. The van der Waals surface area contributed by atoms with Crippen molar-refractivity contribution in [2.24, 2.45) is 5.11 Å². The molecule has 0 heterocycles. The zero-order chi connectivity index (χ0) is 12.1. The molecule has 1 rings (SSSR count). The van der Waals surface area contributed by atoms with E-state index < -0.39 is 12.2 Å². The van der Waals surface area contributed by atoms with Crippen molar-refractivity contribution in [3.05, 3.63) is 38.7 Å². The van der Waals surface area contributed by atoms with Crippen LogP contribution >= 0.6 is 15.9 Å². The van der Waals surface area contributed by atoms with Crippen molar-refractivity contribution in [3.8, 4) is 5.75 Å². The number of rotatable bonds is 4. The van der Waals surface area contributed by atoms with Crippen LogP contribution < -0.4 is 0 Å². The SMILES string of the molecule is [N-]=[N+]=NCC(O)C(O)c1ccc(Br)cc1O. The van der Waals surface area contributed by atoms with Gasteiger partial charge in [-0.1, -0.05) is 27.1 Å². The lowest BCUT2D eigenvalue weighted by Crippen LogP contribution is -2.21. The van der Waals surface area contributed by atoms with Crippen molar-refractivity contribution in [1.82, 2.24) is 0 Å². The highest BCUT2D eigenvalue weighted by atomic mass is 79.9. The van der Waals surface area contributed by atoms with E-state index in [9.17, 15) is 15.3 Å². The van der Waals surface area contributed by atoms with Gasteiger partial charge in [-0.05, 0) is 17.7 Å². The summed E-state index contributed by atoms with van der Waals surface area (Å²) in [6.07, 6.45) is -2.54. The second-order valence-corrected chi connectivity index (χ2v) is 4.04. The van der Waals surface area contributed by atoms with Crippen LogP contribution in [0.15, 0.2) is 27.8 Å². The molecule has 0 bridgehead atoms. The quantitative estimate of drug-likeness (QED) is 0.447. The first-order valence-electron chi connectivity index (χ1n) is 4.41. The second kappa shape index (κ2) is 5.72. The number of aliphatic hydroxyl groups is 2. The maximum Gasteiger partial charge on any atom is 0.122 e. The number of aromatic hydroxyl groups is 1. The van der Waals surface area contributed by atoms with Crippen molar-refractivity contribution in [2.45, 2.75) is 12.2 Å². The summed E-state index contributed by atoms with van der Waals surface area (Å²) < 4.78 is 0.658. The lowest BCUT2D eigenvalue weighted by atomic mass is 10.0. The third-order valence-corrected chi connectivity index (χ3v) is 2.50. The van der Waals surface area contributed by atoms with E-state index in [1.807, 2.05) is 0 Å². The summed E-state index contributed by atoms with van der Waals surface area (Å²) >= 11 is 3.15. The monoisotopic (exact) mass is 287 g/mol. The highest BCUT2D eigenvalue weighted by Gasteiger charge is 2.20. The van der Waals surface area contributed by atoms with Gasteiger partial charge < -0.3 is 15.3 Å². The van der Waals surface area contributed by atoms with E-state index in [1.54, 1.807) is 6.07 Å². The average Bonchev–Trinajstić information content (AvgIpc) is 2.25. The lowest BCUT2D eigenvalue weighted by molar-refractivity contribution is 0.0230. The number of aliphatic hydroxyl groups excluding tert-OH is 2. The number of phenolic OH excluding ortho intramolecular Hbond substituents is 1. The van der Waals surface area contributed by atoms with E-state index in [0.29, 0.717) is 4.47 Å². The third kappa shape index (κ3) is 3.11. The third-order valence-electron chi connectivity index (χ3n) is 2.01. The van der Waals surface area contributed by atoms with E-state index >= 15 is 0 Å². The Hall–Kier alpha value is -1.27. The van der Waals surface area contributed by atoms with Gasteiger partial charge in [-0.15, -0.1) is 0 Å². The number of halogens is 1. The topological polar surface area (TPSA) is 109 Å². The predicted molar refractivity (Wildman–Crippen MR) is 60.8 cm³/mol. The molecule has 0 fully saturated rings. The molecule has 0 amide bonds. The summed E-state index contributed by atoms with van der Waals surface area (Å²) in [6, 6.07) is 4.50. The molecule has 86 valence electrons. The van der Waals surface area contributed by atoms with Crippen LogP contribution in [0.3, 0.4) is 0 Å². The van der Waals surface area contributed by atoms with Crippen LogP contribution in [0.2, 0.25) is 0 Å². The molecule has 7 heteroatoms. The Kier molecular flexibility index (Phi) is 4.57. The predicted octanol–water partition coefficient (Wildman–Crippen LogP) is 1.86. The van der Waals surface area contributed by atoms with Gasteiger partial charge in [-0.25, -0.2) is 0 Å². The molecule has 0 radical (unpaired) electrons. The molecule has 3 N–H and O–H groups in total. The van der Waals surface area contributed by atoms with Gasteiger partial charge in [-0.2, -0.15) is 0 Å². The van der Waals surface area contributed by atoms with Gasteiger partial charge in [-0.3, -0.25) is 0 Å². The first-order valence-corrected chi connectivity index (χ1v) is 5.21. The number of nitrogens with zero attached hydrogens (tertiary/aromatic N) is 3. The molecule has 2 atom stereocenters. The van der Waals surface area contributed by atoms with Gasteiger partial charge >= 0.3 is 0 Å². The molecule has 2 unspecified atom stereocenters. The van der Waals surface area contributed by atoms with Crippen LogP contribution in [-0.2, 0) is 0 Å². The normalized spacial score (nSPS) is 13.9. The van der Waals surface area contributed by atoms with Gasteiger partial charge in [0.05, 0.1) is 12.6 Å². The zero-order valence-corrected chi connectivity index (χ0v) is 9.74. The van der Waals surface area contributed by atoms with E-state index in [1.165, 1.54) is 12.1 Å². The summed E-state index contributed by atoms with van der Waals surface area (Å²) in [5.74, 6) is -0.137. The average molecular weight is 288 g/mol. The Labute approximate surface area is 99.9 Å². The highest BCUT2D eigenvalue weighted by Crippen LogP contribution is 2.29. The molecule has 0 saturated carbocycles. The minimum absolute atomic E-state index is 0.137. The molecular formula is C9H10BrN3O3. The largest absolute Gasteiger partial charge is 0.508 e. The van der Waals surface area contributed by atoms with Crippen LogP contribution in [0.4, 0.5) is 0 Å². The van der Waals surface area contributed by atoms with Crippen molar-refractivity contribution < 1.29 is 15.3 Å². The van der Waals surface area contributed by atoms with Crippen molar-refractivity contribution in [2.75, 3.05) is 6.54 Å². The molecule has 6 nitrogen and oxygen atoms in total. The smallest absolute Gasteiger partial charge is 0.122 e. The molecule has 1 aromatic carbocycles. The Balaban J connectivity index is 2.86. The molecule has 0 aliphatic carbocycles. The van der Waals surface area contributed by atoms with E-state index in [2.05, 4.69) is 26.0 Å². The first-order chi connectivity index (χ1) is 7.56. The van der Waals surface area contributed by atoms with Crippen LogP contribution in [0.1, 0.15) is 11.7 Å². The van der Waals surface area contributed by atoms with E-state index in [4.69, 9.17) is 5.53 Å². The molecule has 0 saturated heterocycles. The first kappa shape index (κ1) is 12.8. The highest BCUT2D eigenvalue weighted by molar-refractivity contribution is 9.10.